The molecule has 0 spiro atoms. The van der Waals surface area contributed by atoms with Crippen molar-refractivity contribution in [1.29, 1.82) is 0 Å². The summed E-state index contributed by atoms with van der Waals surface area (Å²) in [6, 6.07) is 6.93. The minimum atomic E-state index is -1.03. The molecule has 1 aliphatic heterocycles. The zero-order chi connectivity index (χ0) is 16.3. The lowest BCUT2D eigenvalue weighted by Crippen LogP contribution is -2.27. The van der Waals surface area contributed by atoms with Gasteiger partial charge in [-0.25, -0.2) is 4.79 Å². The number of likely N-dealkylation sites (N-methyl/N-ethyl adjacent to an activating group) is 1. The topological polar surface area (TPSA) is 66.8 Å². The van der Waals surface area contributed by atoms with Gasteiger partial charge in [0.2, 0.25) is 0 Å². The summed E-state index contributed by atoms with van der Waals surface area (Å²) in [5, 5.41) is 8.86. The number of thioether (sulfide) groups is 1. The monoisotopic (exact) mass is 337 g/mol. The highest BCUT2D eigenvalue weighted by atomic mass is 32.2. The first-order valence-electron chi connectivity index (χ1n) is 6.67. The number of amides is 1. The smallest absolute Gasteiger partial charge is 0.344 e. The fraction of sp³-hybridized carbons (Fsp3) is 0.267. The normalized spacial score (nSPS) is 17.9. The third-order valence-corrected chi connectivity index (χ3v) is 4.38. The number of thiocarbonyl (C=S) groups is 1. The van der Waals surface area contributed by atoms with Crippen LogP contribution in [0.4, 0.5) is 0 Å². The van der Waals surface area contributed by atoms with Crippen molar-refractivity contribution in [2.24, 2.45) is 0 Å². The zero-order valence-electron chi connectivity index (χ0n) is 12.1. The maximum Gasteiger partial charge on any atom is 0.344 e. The Balaban J connectivity index is 2.20. The highest BCUT2D eigenvalue weighted by Crippen LogP contribution is 2.32. The maximum absolute atomic E-state index is 12.1. The molecule has 0 aromatic heterocycles. The van der Waals surface area contributed by atoms with Gasteiger partial charge in [-0.15, -0.1) is 0 Å². The fourth-order valence-electron chi connectivity index (χ4n) is 1.86. The van der Waals surface area contributed by atoms with Crippen molar-refractivity contribution in [1.82, 2.24) is 4.90 Å². The number of ether oxygens (including phenoxy) is 1. The van der Waals surface area contributed by atoms with Crippen LogP contribution in [0.1, 0.15) is 19.4 Å². The number of hydrogen-bond donors (Lipinski definition) is 1. The average Bonchev–Trinajstić information content (AvgIpc) is 2.73. The quantitative estimate of drug-likeness (QED) is 0.658. The number of hydrogen-bond acceptors (Lipinski definition) is 5. The molecule has 1 saturated heterocycles. The molecule has 1 aromatic rings. The number of rotatable bonds is 5. The van der Waals surface area contributed by atoms with Gasteiger partial charge in [0.05, 0.1) is 4.91 Å². The minimum Gasteiger partial charge on any atom is -0.479 e. The number of carboxylic acids is 1. The second-order valence-electron chi connectivity index (χ2n) is 4.60. The largest absolute Gasteiger partial charge is 0.479 e. The summed E-state index contributed by atoms with van der Waals surface area (Å²) in [6.07, 6.45) is 0.793. The summed E-state index contributed by atoms with van der Waals surface area (Å²) in [4.78, 5) is 25.0. The van der Waals surface area contributed by atoms with E-state index in [2.05, 4.69) is 0 Å². The Kier molecular flexibility index (Phi) is 5.20. The van der Waals surface area contributed by atoms with Crippen LogP contribution in [0, 0.1) is 0 Å². The third-order valence-electron chi connectivity index (χ3n) is 3.01. The molecule has 0 aliphatic carbocycles. The molecular weight excluding hydrogens is 322 g/mol. The number of benzene rings is 1. The summed E-state index contributed by atoms with van der Waals surface area (Å²) in [5.74, 6) is -0.702. The second-order valence-corrected chi connectivity index (χ2v) is 6.27. The van der Waals surface area contributed by atoms with Crippen molar-refractivity contribution in [3.63, 3.8) is 0 Å². The lowest BCUT2D eigenvalue weighted by molar-refractivity contribution is -0.144. The van der Waals surface area contributed by atoms with Gasteiger partial charge >= 0.3 is 5.97 Å². The van der Waals surface area contributed by atoms with Gasteiger partial charge in [-0.3, -0.25) is 9.69 Å². The highest BCUT2D eigenvalue weighted by molar-refractivity contribution is 8.26. The summed E-state index contributed by atoms with van der Waals surface area (Å²) in [6.45, 7) is 3.87. The van der Waals surface area contributed by atoms with Crippen LogP contribution >= 0.6 is 24.0 Å². The van der Waals surface area contributed by atoms with Gasteiger partial charge in [0.1, 0.15) is 10.1 Å². The summed E-state index contributed by atoms with van der Waals surface area (Å²) < 4.78 is 5.86. The van der Waals surface area contributed by atoms with E-state index in [-0.39, 0.29) is 5.91 Å². The van der Waals surface area contributed by atoms with Gasteiger partial charge in [0.25, 0.3) is 5.91 Å². The molecule has 1 unspecified atom stereocenters. The van der Waals surface area contributed by atoms with Gasteiger partial charge in [0.15, 0.2) is 6.10 Å². The molecule has 0 radical (unpaired) electrons. The van der Waals surface area contributed by atoms with Gasteiger partial charge in [-0.2, -0.15) is 0 Å². The van der Waals surface area contributed by atoms with E-state index in [9.17, 15) is 9.59 Å². The molecule has 1 atom stereocenters. The molecule has 1 N–H and O–H groups in total. The maximum atomic E-state index is 12.1. The van der Waals surface area contributed by atoms with Crippen molar-refractivity contribution in [3.05, 3.63) is 34.7 Å². The lowest BCUT2D eigenvalue weighted by atomic mass is 10.2. The first-order chi connectivity index (χ1) is 10.4. The van der Waals surface area contributed by atoms with Crippen molar-refractivity contribution in [2.45, 2.75) is 20.0 Å². The van der Waals surface area contributed by atoms with Gasteiger partial charge in [-0.05, 0) is 37.6 Å². The Morgan fingerprint density at radius 1 is 1.55 bits per heavy atom. The predicted octanol–water partition coefficient (Wildman–Crippen LogP) is 2.76. The van der Waals surface area contributed by atoms with Crippen LogP contribution in [-0.2, 0) is 9.59 Å². The van der Waals surface area contributed by atoms with Crippen LogP contribution in [0.3, 0.4) is 0 Å². The Morgan fingerprint density at radius 3 is 2.86 bits per heavy atom. The molecular formula is C15H15NO4S2. The molecule has 1 aliphatic rings. The van der Waals surface area contributed by atoms with Crippen LogP contribution in [0.5, 0.6) is 5.75 Å². The lowest BCUT2D eigenvalue weighted by Gasteiger charge is -2.11. The van der Waals surface area contributed by atoms with E-state index >= 15 is 0 Å². The summed E-state index contributed by atoms with van der Waals surface area (Å²) in [7, 11) is 0. The van der Waals surface area contributed by atoms with Gasteiger partial charge < -0.3 is 9.84 Å². The molecule has 1 aromatic carbocycles. The van der Waals surface area contributed by atoms with Crippen LogP contribution < -0.4 is 4.74 Å². The van der Waals surface area contributed by atoms with E-state index < -0.39 is 12.1 Å². The second kappa shape index (κ2) is 6.93. The van der Waals surface area contributed by atoms with E-state index in [4.69, 9.17) is 22.1 Å². The third kappa shape index (κ3) is 3.66. The zero-order valence-corrected chi connectivity index (χ0v) is 13.7. The average molecular weight is 337 g/mol. The van der Waals surface area contributed by atoms with Gasteiger partial charge in [-0.1, -0.05) is 36.1 Å². The Morgan fingerprint density at radius 2 is 2.27 bits per heavy atom. The Bertz CT molecular complexity index is 657. The van der Waals surface area contributed by atoms with E-state index in [0.717, 1.165) is 5.56 Å². The standard InChI is InChI=1S/C15H15NO4S2/c1-3-16-13(17)12(22-15(16)21)8-10-5-4-6-11(7-10)20-9(2)14(18)19/h4-9H,3H2,1-2H3,(H,18,19)/b12-8-. The number of aliphatic carboxylic acids is 1. The Labute approximate surface area is 137 Å². The molecule has 2 rings (SSSR count). The molecule has 1 fully saturated rings. The highest BCUT2D eigenvalue weighted by Gasteiger charge is 2.30. The summed E-state index contributed by atoms with van der Waals surface area (Å²) >= 11 is 6.42. The first kappa shape index (κ1) is 16.5. The molecule has 0 bridgehead atoms. The van der Waals surface area contributed by atoms with Crippen LogP contribution in [0.2, 0.25) is 0 Å². The van der Waals surface area contributed by atoms with Crippen LogP contribution in [-0.4, -0.2) is 38.9 Å². The number of carbonyl (C=O) groups is 2. The number of carboxylic acid groups (broad SMARTS) is 1. The molecule has 1 amide bonds. The molecule has 0 saturated carbocycles. The number of nitrogens with zero attached hydrogens (tertiary/aromatic N) is 1. The van der Waals surface area contributed by atoms with E-state index in [1.54, 1.807) is 29.2 Å². The molecule has 7 heteroatoms. The van der Waals surface area contributed by atoms with E-state index in [1.165, 1.54) is 18.7 Å². The van der Waals surface area contributed by atoms with Crippen LogP contribution in [0.15, 0.2) is 29.2 Å². The van der Waals surface area contributed by atoms with Crippen molar-refractivity contribution in [2.75, 3.05) is 6.54 Å². The van der Waals surface area contributed by atoms with E-state index in [1.807, 2.05) is 13.0 Å². The molecule has 1 heterocycles. The molecule has 116 valence electrons. The van der Waals surface area contributed by atoms with E-state index in [0.29, 0.717) is 21.5 Å². The predicted molar refractivity (Wildman–Crippen MR) is 89.7 cm³/mol. The van der Waals surface area contributed by atoms with Crippen molar-refractivity contribution in [3.8, 4) is 5.75 Å². The molecule has 22 heavy (non-hydrogen) atoms. The Hall–Kier alpha value is -1.86. The minimum absolute atomic E-state index is 0.109. The summed E-state index contributed by atoms with van der Waals surface area (Å²) in [5.41, 5.74) is 0.756. The van der Waals surface area contributed by atoms with Crippen molar-refractivity contribution >= 4 is 46.3 Å². The van der Waals surface area contributed by atoms with Gasteiger partial charge in [0, 0.05) is 6.54 Å². The van der Waals surface area contributed by atoms with Crippen LogP contribution in [0.25, 0.3) is 6.08 Å². The first-order valence-corrected chi connectivity index (χ1v) is 7.89. The number of carbonyl (C=O) groups excluding carboxylic acids is 1. The fourth-order valence-corrected chi connectivity index (χ4v) is 3.24. The van der Waals surface area contributed by atoms with Crippen molar-refractivity contribution < 1.29 is 19.4 Å². The molecule has 5 nitrogen and oxygen atoms in total. The SMILES string of the molecule is CCN1C(=O)/C(=C/c2cccc(OC(C)C(=O)O)c2)SC1=S.